The van der Waals surface area contributed by atoms with Gasteiger partial charge in [-0.3, -0.25) is 4.79 Å². The molecule has 0 aliphatic rings. The predicted octanol–water partition coefficient (Wildman–Crippen LogP) is 0.638. The second-order valence-corrected chi connectivity index (χ2v) is 3.99. The lowest BCUT2D eigenvalue weighted by molar-refractivity contribution is 0.120. The van der Waals surface area contributed by atoms with Crippen LogP contribution in [-0.4, -0.2) is 21.6 Å². The van der Waals surface area contributed by atoms with Gasteiger partial charge in [-0.15, -0.1) is 12.3 Å². The number of nitrogens with zero attached hydrogens (tertiary/aromatic N) is 1. The number of hydrogen-bond acceptors (Lipinski definition) is 4. The SMILES string of the molecule is C#CCCC(CON)c1cc2c(=O)[nH]cnc2[nH]1. The zero-order valence-corrected chi connectivity index (χ0v) is 9.77. The fourth-order valence-corrected chi connectivity index (χ4v) is 1.89. The molecule has 0 saturated carbocycles. The molecule has 2 heterocycles. The number of fused-ring (bicyclic) bond motifs is 1. The van der Waals surface area contributed by atoms with Crippen LogP contribution in [0.15, 0.2) is 17.2 Å². The lowest BCUT2D eigenvalue weighted by Gasteiger charge is -2.12. The third-order valence-electron chi connectivity index (χ3n) is 2.83. The van der Waals surface area contributed by atoms with Crippen molar-refractivity contribution in [1.29, 1.82) is 0 Å². The molecule has 94 valence electrons. The van der Waals surface area contributed by atoms with Crippen LogP contribution in [0.5, 0.6) is 0 Å². The van der Waals surface area contributed by atoms with Crippen LogP contribution >= 0.6 is 0 Å². The molecule has 2 aromatic heterocycles. The first-order chi connectivity index (χ1) is 8.76. The van der Waals surface area contributed by atoms with E-state index in [4.69, 9.17) is 12.3 Å². The minimum Gasteiger partial charge on any atom is -0.343 e. The molecule has 0 spiro atoms. The lowest BCUT2D eigenvalue weighted by Crippen LogP contribution is -2.11. The van der Waals surface area contributed by atoms with Gasteiger partial charge in [0.1, 0.15) is 5.65 Å². The Bertz CT molecular complexity index is 623. The molecule has 2 rings (SSSR count). The van der Waals surface area contributed by atoms with Crippen molar-refractivity contribution in [3.8, 4) is 12.3 Å². The topological polar surface area (TPSA) is 96.8 Å². The van der Waals surface area contributed by atoms with Crippen LogP contribution in [0.1, 0.15) is 24.5 Å². The van der Waals surface area contributed by atoms with Gasteiger partial charge in [0.2, 0.25) is 0 Å². The first kappa shape index (κ1) is 12.4. The summed E-state index contributed by atoms with van der Waals surface area (Å²) >= 11 is 0. The van der Waals surface area contributed by atoms with Gasteiger partial charge in [-0.1, -0.05) is 0 Å². The molecule has 1 atom stereocenters. The van der Waals surface area contributed by atoms with E-state index in [9.17, 15) is 4.79 Å². The molecule has 0 fully saturated rings. The van der Waals surface area contributed by atoms with E-state index in [1.54, 1.807) is 6.07 Å². The molecule has 0 aliphatic heterocycles. The highest BCUT2D eigenvalue weighted by atomic mass is 16.6. The van der Waals surface area contributed by atoms with Crippen molar-refractivity contribution >= 4 is 11.0 Å². The Kier molecular flexibility index (Phi) is 3.77. The summed E-state index contributed by atoms with van der Waals surface area (Å²) in [6.07, 6.45) is 7.97. The van der Waals surface area contributed by atoms with Gasteiger partial charge in [-0.05, 0) is 12.5 Å². The molecule has 0 bridgehead atoms. The quantitative estimate of drug-likeness (QED) is 0.532. The van der Waals surface area contributed by atoms with E-state index < -0.39 is 0 Å². The largest absolute Gasteiger partial charge is 0.343 e. The summed E-state index contributed by atoms with van der Waals surface area (Å²) in [4.78, 5) is 26.0. The van der Waals surface area contributed by atoms with E-state index >= 15 is 0 Å². The van der Waals surface area contributed by atoms with Gasteiger partial charge < -0.3 is 14.8 Å². The Morgan fingerprint density at radius 1 is 1.61 bits per heavy atom. The van der Waals surface area contributed by atoms with E-state index in [2.05, 4.69) is 25.7 Å². The van der Waals surface area contributed by atoms with Crippen molar-refractivity contribution < 1.29 is 4.84 Å². The van der Waals surface area contributed by atoms with E-state index in [0.29, 0.717) is 24.1 Å². The third kappa shape index (κ3) is 2.42. The van der Waals surface area contributed by atoms with Crippen molar-refractivity contribution in [2.24, 2.45) is 5.90 Å². The Hall–Kier alpha value is -2.10. The van der Waals surface area contributed by atoms with Gasteiger partial charge in [-0.25, -0.2) is 10.9 Å². The molecular formula is C12H14N4O2. The maximum atomic E-state index is 11.6. The summed E-state index contributed by atoms with van der Waals surface area (Å²) in [6.45, 7) is 0.340. The fourth-order valence-electron chi connectivity index (χ4n) is 1.89. The third-order valence-corrected chi connectivity index (χ3v) is 2.83. The molecule has 0 aromatic carbocycles. The second-order valence-electron chi connectivity index (χ2n) is 3.99. The van der Waals surface area contributed by atoms with Crippen LogP contribution < -0.4 is 11.5 Å². The Morgan fingerprint density at radius 3 is 3.11 bits per heavy atom. The van der Waals surface area contributed by atoms with Crippen LogP contribution in [-0.2, 0) is 4.84 Å². The van der Waals surface area contributed by atoms with Crippen LogP contribution in [0.25, 0.3) is 11.0 Å². The summed E-state index contributed by atoms with van der Waals surface area (Å²) < 4.78 is 0. The summed E-state index contributed by atoms with van der Waals surface area (Å²) in [6, 6.07) is 1.77. The van der Waals surface area contributed by atoms with Gasteiger partial charge >= 0.3 is 0 Å². The van der Waals surface area contributed by atoms with E-state index in [0.717, 1.165) is 12.1 Å². The van der Waals surface area contributed by atoms with E-state index in [1.807, 2.05) is 0 Å². The minimum absolute atomic E-state index is 0.0275. The number of rotatable bonds is 5. The van der Waals surface area contributed by atoms with Crippen LogP contribution in [0.3, 0.4) is 0 Å². The average Bonchev–Trinajstić information content (AvgIpc) is 2.80. The molecule has 0 radical (unpaired) electrons. The molecule has 6 heteroatoms. The number of hydrogen-bond donors (Lipinski definition) is 3. The zero-order chi connectivity index (χ0) is 13.0. The molecule has 0 aliphatic carbocycles. The van der Waals surface area contributed by atoms with Gasteiger partial charge in [0.05, 0.1) is 18.3 Å². The smallest absolute Gasteiger partial charge is 0.260 e. The molecule has 0 amide bonds. The lowest BCUT2D eigenvalue weighted by atomic mass is 10.0. The van der Waals surface area contributed by atoms with Crippen molar-refractivity contribution in [2.75, 3.05) is 6.61 Å². The summed E-state index contributed by atoms with van der Waals surface area (Å²) in [5, 5.41) is 0.523. The molecule has 1 unspecified atom stereocenters. The summed E-state index contributed by atoms with van der Waals surface area (Å²) in [5.74, 6) is 7.72. The van der Waals surface area contributed by atoms with Gasteiger partial charge in [0.15, 0.2) is 0 Å². The number of terminal acetylenes is 1. The monoisotopic (exact) mass is 246 g/mol. The number of aromatic nitrogens is 3. The molecule has 18 heavy (non-hydrogen) atoms. The first-order valence-electron chi connectivity index (χ1n) is 5.57. The minimum atomic E-state index is -0.174. The number of aromatic amines is 2. The average molecular weight is 246 g/mol. The zero-order valence-electron chi connectivity index (χ0n) is 9.77. The standard InChI is InChI=1S/C12H14N4O2/c1-2-3-4-8(6-18-13)10-5-9-11(16-10)14-7-15-12(9)17/h1,5,7-8H,3-4,6,13H2,(H2,14,15,16,17). The number of nitrogens with one attached hydrogen (secondary N) is 2. The highest BCUT2D eigenvalue weighted by Gasteiger charge is 2.15. The summed E-state index contributed by atoms with van der Waals surface area (Å²) in [5.41, 5.74) is 1.23. The first-order valence-corrected chi connectivity index (χ1v) is 5.57. The normalized spacial score (nSPS) is 12.4. The number of nitrogens with two attached hydrogens (primary N) is 1. The van der Waals surface area contributed by atoms with Crippen molar-refractivity contribution in [3.63, 3.8) is 0 Å². The fraction of sp³-hybridized carbons (Fsp3) is 0.333. The summed E-state index contributed by atoms with van der Waals surface area (Å²) in [7, 11) is 0. The van der Waals surface area contributed by atoms with Gasteiger partial charge in [0, 0.05) is 18.0 Å². The number of H-pyrrole nitrogens is 2. The Labute approximate surface area is 104 Å². The van der Waals surface area contributed by atoms with E-state index in [1.165, 1.54) is 6.33 Å². The maximum Gasteiger partial charge on any atom is 0.260 e. The molecular weight excluding hydrogens is 232 g/mol. The van der Waals surface area contributed by atoms with Crippen molar-refractivity contribution in [2.45, 2.75) is 18.8 Å². The van der Waals surface area contributed by atoms with Crippen molar-refractivity contribution in [3.05, 3.63) is 28.4 Å². The van der Waals surface area contributed by atoms with E-state index in [-0.39, 0.29) is 11.5 Å². The molecule has 6 nitrogen and oxygen atoms in total. The van der Waals surface area contributed by atoms with Crippen molar-refractivity contribution in [1.82, 2.24) is 15.0 Å². The Balaban J connectivity index is 2.35. The molecule has 0 saturated heterocycles. The Morgan fingerprint density at radius 2 is 2.44 bits per heavy atom. The maximum absolute atomic E-state index is 11.6. The highest BCUT2D eigenvalue weighted by Crippen LogP contribution is 2.22. The second kappa shape index (κ2) is 5.49. The highest BCUT2D eigenvalue weighted by molar-refractivity contribution is 5.75. The molecule has 4 N–H and O–H groups in total. The van der Waals surface area contributed by atoms with Gasteiger partial charge in [0.25, 0.3) is 5.56 Å². The predicted molar refractivity (Wildman–Crippen MR) is 67.7 cm³/mol. The van der Waals surface area contributed by atoms with Crippen LogP contribution in [0.4, 0.5) is 0 Å². The van der Waals surface area contributed by atoms with Crippen LogP contribution in [0, 0.1) is 12.3 Å². The molecule has 2 aromatic rings. The van der Waals surface area contributed by atoms with Gasteiger partial charge in [-0.2, -0.15) is 0 Å². The van der Waals surface area contributed by atoms with Crippen LogP contribution in [0.2, 0.25) is 0 Å².